The highest BCUT2D eigenvalue weighted by Crippen LogP contribution is 2.13. The van der Waals surface area contributed by atoms with E-state index in [1.165, 1.54) is 0 Å². The van der Waals surface area contributed by atoms with Gasteiger partial charge in [0.1, 0.15) is 17.8 Å². The van der Waals surface area contributed by atoms with Crippen molar-refractivity contribution < 1.29 is 19.7 Å². The van der Waals surface area contributed by atoms with E-state index >= 15 is 0 Å². The molecule has 0 bridgehead atoms. The van der Waals surface area contributed by atoms with Gasteiger partial charge >= 0.3 is 6.09 Å². The molecule has 1 aromatic rings. The van der Waals surface area contributed by atoms with Crippen LogP contribution in [0.3, 0.4) is 0 Å². The van der Waals surface area contributed by atoms with Gasteiger partial charge in [0.05, 0.1) is 11.4 Å². The number of carbonyl (C=O) groups excluding carboxylic acids is 1. The highest BCUT2D eigenvalue weighted by molar-refractivity contribution is 5.67. The summed E-state index contributed by atoms with van der Waals surface area (Å²) in [5.41, 5.74) is 0.340. The highest BCUT2D eigenvalue weighted by Gasteiger charge is 2.22. The van der Waals surface area contributed by atoms with Crippen molar-refractivity contribution in [3.8, 4) is 0 Å². The molecule has 0 radical (unpaired) electrons. The molecule has 1 heterocycles. The Morgan fingerprint density at radius 1 is 1.35 bits per heavy atom. The van der Waals surface area contributed by atoms with E-state index in [2.05, 4.69) is 15.5 Å². The second-order valence-corrected chi connectivity index (χ2v) is 5.49. The van der Waals surface area contributed by atoms with Gasteiger partial charge in [-0.1, -0.05) is 0 Å². The maximum atomic E-state index is 11.4. The van der Waals surface area contributed by atoms with Crippen LogP contribution < -0.4 is 5.32 Å². The molecule has 3 N–H and O–H groups in total. The molecule has 7 heteroatoms. The monoisotopic (exact) mass is 283 g/mol. The zero-order chi connectivity index (χ0) is 15.3. The molecule has 0 aliphatic carbocycles. The predicted molar refractivity (Wildman–Crippen MR) is 72.0 cm³/mol. The van der Waals surface area contributed by atoms with Crippen LogP contribution >= 0.6 is 0 Å². The summed E-state index contributed by atoms with van der Waals surface area (Å²) in [5, 5.41) is 29.6. The number of nitrogens with one attached hydrogen (secondary N) is 1. The normalized spacial score (nSPS) is 14.5. The number of aromatic nitrogens is 2. The van der Waals surface area contributed by atoms with Crippen molar-refractivity contribution in [2.24, 2.45) is 0 Å². The minimum atomic E-state index is -1.22. The number of aliphatic hydroxyl groups is 2. The molecular formula is C13H21N3O4. The zero-order valence-electron chi connectivity index (χ0n) is 12.1. The Hall–Kier alpha value is -1.73. The lowest BCUT2D eigenvalue weighted by Crippen LogP contribution is -2.39. The number of aliphatic hydroxyl groups excluding tert-OH is 2. The average Bonchev–Trinajstić information content (AvgIpc) is 2.34. The molecule has 2 unspecified atom stereocenters. The predicted octanol–water partition coefficient (Wildman–Crippen LogP) is 0.704. The number of aryl methyl sites for hydroxylation is 1. The van der Waals surface area contributed by atoms with Crippen LogP contribution in [-0.2, 0) is 4.74 Å². The summed E-state index contributed by atoms with van der Waals surface area (Å²) >= 11 is 0. The molecule has 1 rings (SSSR count). The number of hydrogen-bond acceptors (Lipinski definition) is 6. The van der Waals surface area contributed by atoms with Crippen molar-refractivity contribution in [1.29, 1.82) is 0 Å². The van der Waals surface area contributed by atoms with Crippen molar-refractivity contribution in [2.75, 3.05) is 6.54 Å². The summed E-state index contributed by atoms with van der Waals surface area (Å²) < 4.78 is 5.02. The number of carbonyl (C=O) groups is 1. The zero-order valence-corrected chi connectivity index (χ0v) is 12.1. The van der Waals surface area contributed by atoms with Gasteiger partial charge < -0.3 is 20.3 Å². The maximum absolute atomic E-state index is 11.4. The van der Waals surface area contributed by atoms with Crippen LogP contribution in [0, 0.1) is 6.92 Å². The Balaban J connectivity index is 2.48. The second-order valence-electron chi connectivity index (χ2n) is 5.49. The molecular weight excluding hydrogens is 262 g/mol. The van der Waals surface area contributed by atoms with Gasteiger partial charge in [0.2, 0.25) is 0 Å². The summed E-state index contributed by atoms with van der Waals surface area (Å²) in [6.45, 7) is 6.83. The fourth-order valence-corrected chi connectivity index (χ4v) is 1.38. The Morgan fingerprint density at radius 2 is 2.00 bits per heavy atom. The number of nitrogens with zero attached hydrogens (tertiary/aromatic N) is 2. The minimum Gasteiger partial charge on any atom is -0.444 e. The first kappa shape index (κ1) is 16.3. The first-order chi connectivity index (χ1) is 9.19. The third-order valence-corrected chi connectivity index (χ3v) is 2.34. The van der Waals surface area contributed by atoms with Crippen LogP contribution in [0.1, 0.15) is 38.3 Å². The van der Waals surface area contributed by atoms with Crippen LogP contribution in [0.25, 0.3) is 0 Å². The van der Waals surface area contributed by atoms with Crippen LogP contribution in [-0.4, -0.2) is 44.8 Å². The van der Waals surface area contributed by atoms with Crippen LogP contribution in [0.15, 0.2) is 12.1 Å². The number of alkyl carbamates (subject to hydrolysis) is 1. The number of hydrogen-bond donors (Lipinski definition) is 3. The largest absolute Gasteiger partial charge is 0.444 e. The lowest BCUT2D eigenvalue weighted by Gasteiger charge is -2.21. The van der Waals surface area contributed by atoms with E-state index < -0.39 is 23.9 Å². The van der Waals surface area contributed by atoms with Crippen molar-refractivity contribution in [2.45, 2.75) is 45.5 Å². The van der Waals surface area contributed by atoms with Crippen LogP contribution in [0.4, 0.5) is 4.79 Å². The third-order valence-electron chi connectivity index (χ3n) is 2.34. The second kappa shape index (κ2) is 6.62. The Labute approximate surface area is 118 Å². The van der Waals surface area contributed by atoms with E-state index in [0.29, 0.717) is 5.69 Å². The van der Waals surface area contributed by atoms with Gasteiger partial charge in [0.25, 0.3) is 0 Å². The summed E-state index contributed by atoms with van der Waals surface area (Å²) in [4.78, 5) is 11.4. The number of rotatable bonds is 4. The minimum absolute atomic E-state index is 0.147. The van der Waals surface area contributed by atoms with E-state index in [1.54, 1.807) is 39.8 Å². The van der Waals surface area contributed by atoms with E-state index in [1.807, 2.05) is 0 Å². The molecule has 112 valence electrons. The first-order valence-electron chi connectivity index (χ1n) is 6.32. The molecule has 1 amide bonds. The molecule has 0 saturated carbocycles. The van der Waals surface area contributed by atoms with Gasteiger partial charge in [-0.05, 0) is 39.8 Å². The fourth-order valence-electron chi connectivity index (χ4n) is 1.38. The van der Waals surface area contributed by atoms with Gasteiger partial charge in [-0.3, -0.25) is 0 Å². The topological polar surface area (TPSA) is 105 Å². The van der Waals surface area contributed by atoms with Gasteiger partial charge in [0.15, 0.2) is 0 Å². The lowest BCUT2D eigenvalue weighted by atomic mass is 10.1. The lowest BCUT2D eigenvalue weighted by molar-refractivity contribution is 0.0104. The van der Waals surface area contributed by atoms with Gasteiger partial charge in [-0.25, -0.2) is 4.79 Å². The summed E-state index contributed by atoms with van der Waals surface area (Å²) in [5.74, 6) is 0. The fraction of sp³-hybridized carbons (Fsp3) is 0.615. The average molecular weight is 283 g/mol. The molecule has 1 aromatic heterocycles. The molecule has 0 saturated heterocycles. The summed E-state index contributed by atoms with van der Waals surface area (Å²) in [6, 6.07) is 3.25. The molecule has 0 spiro atoms. The summed E-state index contributed by atoms with van der Waals surface area (Å²) in [6.07, 6.45) is -3.07. The molecule has 0 aliphatic rings. The van der Waals surface area contributed by atoms with Gasteiger partial charge in [-0.2, -0.15) is 10.2 Å². The number of amides is 1. The Bertz CT molecular complexity index is 442. The number of ether oxygens (including phenoxy) is 1. The molecule has 0 aromatic carbocycles. The van der Waals surface area contributed by atoms with Crippen molar-refractivity contribution in [1.82, 2.24) is 15.5 Å². The standard InChI is InChI=1S/C13H21N3O4/c1-8-5-6-9(16-15-8)11(18)10(17)7-14-12(19)20-13(2,3)4/h5-6,10-11,17-18H,7H2,1-4H3,(H,14,19). The Morgan fingerprint density at radius 3 is 2.50 bits per heavy atom. The van der Waals surface area contributed by atoms with Crippen LogP contribution in [0.2, 0.25) is 0 Å². The van der Waals surface area contributed by atoms with Crippen molar-refractivity contribution >= 4 is 6.09 Å². The molecule has 0 fully saturated rings. The summed E-state index contributed by atoms with van der Waals surface area (Å²) in [7, 11) is 0. The third kappa shape index (κ3) is 5.50. The van der Waals surface area contributed by atoms with Gasteiger partial charge in [-0.15, -0.1) is 0 Å². The van der Waals surface area contributed by atoms with E-state index in [9.17, 15) is 15.0 Å². The van der Waals surface area contributed by atoms with Crippen molar-refractivity contribution in [3.63, 3.8) is 0 Å². The van der Waals surface area contributed by atoms with E-state index in [0.717, 1.165) is 0 Å². The quantitative estimate of drug-likeness (QED) is 0.751. The van der Waals surface area contributed by atoms with Gasteiger partial charge in [0, 0.05) is 6.54 Å². The first-order valence-corrected chi connectivity index (χ1v) is 6.32. The molecule has 0 aliphatic heterocycles. The highest BCUT2D eigenvalue weighted by atomic mass is 16.6. The molecule has 7 nitrogen and oxygen atoms in total. The molecule has 2 atom stereocenters. The SMILES string of the molecule is Cc1ccc(C(O)C(O)CNC(=O)OC(C)(C)C)nn1. The van der Waals surface area contributed by atoms with Crippen LogP contribution in [0.5, 0.6) is 0 Å². The smallest absolute Gasteiger partial charge is 0.407 e. The Kier molecular flexibility index (Phi) is 5.41. The van der Waals surface area contributed by atoms with E-state index in [4.69, 9.17) is 4.74 Å². The van der Waals surface area contributed by atoms with Crippen molar-refractivity contribution in [3.05, 3.63) is 23.5 Å². The maximum Gasteiger partial charge on any atom is 0.407 e. The molecule has 20 heavy (non-hydrogen) atoms. The van der Waals surface area contributed by atoms with E-state index in [-0.39, 0.29) is 12.2 Å².